The van der Waals surface area contributed by atoms with Crippen molar-refractivity contribution in [3.63, 3.8) is 0 Å². The van der Waals surface area contributed by atoms with E-state index in [0.717, 1.165) is 31.6 Å². The molecule has 5 heteroatoms. The molecule has 0 bridgehead atoms. The van der Waals surface area contributed by atoms with E-state index >= 15 is 0 Å². The average Bonchev–Trinajstić information content (AvgIpc) is 2.88. The van der Waals surface area contributed by atoms with Gasteiger partial charge < -0.3 is 9.64 Å². The molecule has 0 radical (unpaired) electrons. The van der Waals surface area contributed by atoms with E-state index in [9.17, 15) is 4.79 Å². The molecule has 1 aliphatic rings. The van der Waals surface area contributed by atoms with Crippen molar-refractivity contribution in [3.05, 3.63) is 17.5 Å². The van der Waals surface area contributed by atoms with E-state index in [1.54, 1.807) is 4.68 Å². The standard InChI is InChI=1S/C16H23N3O2/c1-4-10-21-12-14-6-8-18(9-7-14)16(20)15-11-13(3)17-19(15)5-2/h1,11,14H,5-10,12H2,2-3H3. The highest BCUT2D eigenvalue weighted by Crippen LogP contribution is 2.19. The normalized spacial score (nSPS) is 16.0. The first-order valence-corrected chi connectivity index (χ1v) is 7.50. The fraction of sp³-hybridized carbons (Fsp3) is 0.625. The maximum atomic E-state index is 12.6. The second-order valence-corrected chi connectivity index (χ2v) is 5.44. The van der Waals surface area contributed by atoms with Gasteiger partial charge in [0.1, 0.15) is 12.3 Å². The SMILES string of the molecule is C#CCOCC1CCN(C(=O)c2cc(C)nn2CC)CC1. The lowest BCUT2D eigenvalue weighted by atomic mass is 9.97. The van der Waals surface area contributed by atoms with Crippen molar-refractivity contribution in [2.24, 2.45) is 5.92 Å². The molecule has 1 fully saturated rings. The van der Waals surface area contributed by atoms with Gasteiger partial charge >= 0.3 is 0 Å². The molecule has 2 rings (SSSR count). The van der Waals surface area contributed by atoms with Crippen LogP contribution in [0, 0.1) is 25.2 Å². The molecule has 1 aromatic rings. The predicted octanol–water partition coefficient (Wildman–Crippen LogP) is 1.71. The third kappa shape index (κ3) is 3.85. The van der Waals surface area contributed by atoms with Gasteiger partial charge in [0, 0.05) is 19.6 Å². The first-order chi connectivity index (χ1) is 10.2. The van der Waals surface area contributed by atoms with Crippen molar-refractivity contribution >= 4 is 5.91 Å². The van der Waals surface area contributed by atoms with Gasteiger partial charge in [0.2, 0.25) is 0 Å². The molecular formula is C16H23N3O2. The molecule has 5 nitrogen and oxygen atoms in total. The summed E-state index contributed by atoms with van der Waals surface area (Å²) in [5, 5.41) is 4.34. The molecule has 0 saturated carbocycles. The van der Waals surface area contributed by atoms with Gasteiger partial charge in [0.05, 0.1) is 12.3 Å². The van der Waals surface area contributed by atoms with Crippen LogP contribution in [0.15, 0.2) is 6.07 Å². The molecule has 1 aromatic heterocycles. The third-order valence-corrected chi connectivity index (χ3v) is 3.86. The van der Waals surface area contributed by atoms with Crippen molar-refractivity contribution in [2.45, 2.75) is 33.2 Å². The molecule has 0 spiro atoms. The Balaban J connectivity index is 1.90. The number of nitrogens with zero attached hydrogens (tertiary/aromatic N) is 3. The van der Waals surface area contributed by atoms with Gasteiger partial charge in [-0.3, -0.25) is 9.48 Å². The molecule has 1 amide bonds. The molecule has 0 N–H and O–H groups in total. The lowest BCUT2D eigenvalue weighted by Crippen LogP contribution is -2.40. The fourth-order valence-electron chi connectivity index (χ4n) is 2.71. The Morgan fingerprint density at radius 2 is 2.24 bits per heavy atom. The number of hydrogen-bond acceptors (Lipinski definition) is 3. The van der Waals surface area contributed by atoms with Gasteiger partial charge in [-0.25, -0.2) is 0 Å². The first-order valence-electron chi connectivity index (χ1n) is 7.50. The molecule has 0 aliphatic carbocycles. The number of ether oxygens (including phenoxy) is 1. The fourth-order valence-corrected chi connectivity index (χ4v) is 2.71. The molecule has 2 heterocycles. The highest BCUT2D eigenvalue weighted by atomic mass is 16.5. The molecule has 0 unspecified atom stereocenters. The van der Waals surface area contributed by atoms with Crippen LogP contribution in [0.4, 0.5) is 0 Å². The van der Waals surface area contributed by atoms with Crippen LogP contribution in [0.25, 0.3) is 0 Å². The number of hydrogen-bond donors (Lipinski definition) is 0. The van der Waals surface area contributed by atoms with Gasteiger partial charge in [-0.15, -0.1) is 6.42 Å². The molecular weight excluding hydrogens is 266 g/mol. The van der Waals surface area contributed by atoms with Crippen molar-refractivity contribution in [3.8, 4) is 12.3 Å². The van der Waals surface area contributed by atoms with Crippen LogP contribution in [-0.4, -0.2) is 46.9 Å². The average molecular weight is 289 g/mol. The summed E-state index contributed by atoms with van der Waals surface area (Å²) in [6.45, 7) is 7.24. The summed E-state index contributed by atoms with van der Waals surface area (Å²) in [6, 6.07) is 1.87. The number of terminal acetylenes is 1. The highest BCUT2D eigenvalue weighted by Gasteiger charge is 2.25. The quantitative estimate of drug-likeness (QED) is 0.612. The monoisotopic (exact) mass is 289 g/mol. The molecule has 0 atom stereocenters. The Morgan fingerprint density at radius 1 is 1.52 bits per heavy atom. The Hall–Kier alpha value is -1.80. The van der Waals surface area contributed by atoms with Crippen LogP contribution in [0.1, 0.15) is 35.9 Å². The van der Waals surface area contributed by atoms with Gasteiger partial charge in [-0.2, -0.15) is 5.10 Å². The van der Waals surface area contributed by atoms with Crippen molar-refractivity contribution in [1.29, 1.82) is 0 Å². The zero-order chi connectivity index (χ0) is 15.2. The van der Waals surface area contributed by atoms with Gasteiger partial charge in [-0.05, 0) is 38.7 Å². The molecule has 1 aliphatic heterocycles. The molecule has 21 heavy (non-hydrogen) atoms. The second-order valence-electron chi connectivity index (χ2n) is 5.44. The van der Waals surface area contributed by atoms with Crippen LogP contribution in [0.3, 0.4) is 0 Å². The van der Waals surface area contributed by atoms with Crippen LogP contribution >= 0.6 is 0 Å². The van der Waals surface area contributed by atoms with E-state index in [4.69, 9.17) is 11.2 Å². The summed E-state index contributed by atoms with van der Waals surface area (Å²) in [6.07, 6.45) is 7.10. The van der Waals surface area contributed by atoms with E-state index in [1.165, 1.54) is 0 Å². The Bertz CT molecular complexity index is 522. The number of carbonyl (C=O) groups is 1. The number of aromatic nitrogens is 2. The summed E-state index contributed by atoms with van der Waals surface area (Å²) in [7, 11) is 0. The van der Waals surface area contributed by atoms with Gasteiger partial charge in [-0.1, -0.05) is 5.92 Å². The highest BCUT2D eigenvalue weighted by molar-refractivity contribution is 5.92. The van der Waals surface area contributed by atoms with Gasteiger partial charge in [0.25, 0.3) is 5.91 Å². The van der Waals surface area contributed by atoms with E-state index in [-0.39, 0.29) is 5.91 Å². The summed E-state index contributed by atoms with van der Waals surface area (Å²) in [5.41, 5.74) is 1.58. The number of likely N-dealkylation sites (tertiary alicyclic amines) is 1. The van der Waals surface area contributed by atoms with E-state index in [0.29, 0.717) is 31.4 Å². The minimum Gasteiger partial charge on any atom is -0.369 e. The lowest BCUT2D eigenvalue weighted by molar-refractivity contribution is 0.0572. The summed E-state index contributed by atoms with van der Waals surface area (Å²) in [5.74, 6) is 3.06. The van der Waals surface area contributed by atoms with E-state index in [1.807, 2.05) is 24.8 Å². The van der Waals surface area contributed by atoms with Crippen molar-refractivity contribution in [1.82, 2.24) is 14.7 Å². The largest absolute Gasteiger partial charge is 0.369 e. The minimum absolute atomic E-state index is 0.0837. The molecule has 1 saturated heterocycles. The zero-order valence-electron chi connectivity index (χ0n) is 12.8. The van der Waals surface area contributed by atoms with Crippen molar-refractivity contribution < 1.29 is 9.53 Å². The maximum absolute atomic E-state index is 12.6. The van der Waals surface area contributed by atoms with E-state index < -0.39 is 0 Å². The molecule has 0 aromatic carbocycles. The predicted molar refractivity (Wildman–Crippen MR) is 80.9 cm³/mol. The number of piperidine rings is 1. The topological polar surface area (TPSA) is 47.4 Å². The smallest absolute Gasteiger partial charge is 0.272 e. The summed E-state index contributed by atoms with van der Waals surface area (Å²) >= 11 is 0. The Kier molecular flexibility index (Phi) is 5.40. The summed E-state index contributed by atoms with van der Waals surface area (Å²) in [4.78, 5) is 14.5. The number of aryl methyl sites for hydroxylation is 2. The van der Waals surface area contributed by atoms with Crippen molar-refractivity contribution in [2.75, 3.05) is 26.3 Å². The minimum atomic E-state index is 0.0837. The lowest BCUT2D eigenvalue weighted by Gasteiger charge is -2.31. The number of carbonyl (C=O) groups excluding carboxylic acids is 1. The Morgan fingerprint density at radius 3 is 2.86 bits per heavy atom. The van der Waals surface area contributed by atoms with Crippen LogP contribution in [-0.2, 0) is 11.3 Å². The number of amides is 1. The third-order valence-electron chi connectivity index (χ3n) is 3.86. The second kappa shape index (κ2) is 7.28. The molecule has 114 valence electrons. The number of rotatable bonds is 5. The maximum Gasteiger partial charge on any atom is 0.272 e. The first kappa shape index (κ1) is 15.6. The van der Waals surface area contributed by atoms with Crippen LogP contribution < -0.4 is 0 Å². The zero-order valence-corrected chi connectivity index (χ0v) is 12.8. The Labute approximate surface area is 126 Å². The van der Waals surface area contributed by atoms with Crippen LogP contribution in [0.5, 0.6) is 0 Å². The summed E-state index contributed by atoms with van der Waals surface area (Å²) < 4.78 is 7.17. The van der Waals surface area contributed by atoms with Gasteiger partial charge in [0.15, 0.2) is 0 Å². The van der Waals surface area contributed by atoms with Crippen LogP contribution in [0.2, 0.25) is 0 Å². The van der Waals surface area contributed by atoms with E-state index in [2.05, 4.69) is 11.0 Å².